The molecule has 124 valence electrons. The molecule has 0 unspecified atom stereocenters. The van der Waals surface area contributed by atoms with E-state index in [1.165, 1.54) is 46.2 Å². The first kappa shape index (κ1) is 16.1. The van der Waals surface area contributed by atoms with Crippen molar-refractivity contribution in [2.24, 2.45) is 0 Å². The first-order valence-corrected chi connectivity index (χ1v) is 7.66. The van der Waals surface area contributed by atoms with Gasteiger partial charge in [-0.3, -0.25) is 14.5 Å². The van der Waals surface area contributed by atoms with Crippen LogP contribution in [0.2, 0.25) is 0 Å². The lowest BCUT2D eigenvalue weighted by Gasteiger charge is -2.28. The number of hydrogen-bond acceptors (Lipinski definition) is 2. The van der Waals surface area contributed by atoms with E-state index in [1.54, 1.807) is 6.07 Å². The number of carbonyl (C=O) groups is 2. The van der Waals surface area contributed by atoms with E-state index in [4.69, 9.17) is 0 Å². The van der Waals surface area contributed by atoms with Gasteiger partial charge in [0.15, 0.2) is 0 Å². The molecule has 0 N–H and O–H groups in total. The number of hydrogen-bond donors (Lipinski definition) is 0. The molecule has 2 aromatic rings. The van der Waals surface area contributed by atoms with Crippen LogP contribution in [-0.4, -0.2) is 29.9 Å². The predicted molar refractivity (Wildman–Crippen MR) is 85.4 cm³/mol. The molecule has 0 aliphatic carbocycles. The van der Waals surface area contributed by atoms with Gasteiger partial charge in [-0.2, -0.15) is 0 Å². The summed E-state index contributed by atoms with van der Waals surface area (Å²) in [5, 5.41) is 0. The first-order valence-electron chi connectivity index (χ1n) is 7.66. The number of nitrogens with zero attached hydrogens (tertiary/aromatic N) is 2. The number of para-hydroxylation sites is 1. The molecule has 24 heavy (non-hydrogen) atoms. The van der Waals surface area contributed by atoms with Crippen molar-refractivity contribution in [2.45, 2.75) is 12.8 Å². The molecule has 2 amide bonds. The molecule has 2 aromatic carbocycles. The molecule has 4 nitrogen and oxygen atoms in total. The first-order chi connectivity index (χ1) is 11.6. The summed E-state index contributed by atoms with van der Waals surface area (Å²) in [6, 6.07) is 11.0. The van der Waals surface area contributed by atoms with Crippen LogP contribution in [0, 0.1) is 11.6 Å². The summed E-state index contributed by atoms with van der Waals surface area (Å²) < 4.78 is 27.6. The van der Waals surface area contributed by atoms with E-state index < -0.39 is 17.5 Å². The van der Waals surface area contributed by atoms with Crippen molar-refractivity contribution >= 4 is 17.5 Å². The average molecular weight is 330 g/mol. The molecule has 3 rings (SSSR count). The van der Waals surface area contributed by atoms with Gasteiger partial charge in [0.05, 0.1) is 5.69 Å². The van der Waals surface area contributed by atoms with Gasteiger partial charge in [0.1, 0.15) is 18.3 Å². The lowest BCUT2D eigenvalue weighted by Crippen LogP contribution is -2.42. The van der Waals surface area contributed by atoms with Crippen LogP contribution in [0.1, 0.15) is 23.2 Å². The van der Waals surface area contributed by atoms with Gasteiger partial charge in [0.2, 0.25) is 5.91 Å². The molecule has 1 fully saturated rings. The molecule has 6 heteroatoms. The molecule has 1 saturated heterocycles. The Labute approximate surface area is 138 Å². The fourth-order valence-electron chi connectivity index (χ4n) is 2.72. The predicted octanol–water partition coefficient (Wildman–Crippen LogP) is 3.19. The van der Waals surface area contributed by atoms with Gasteiger partial charge < -0.3 is 4.90 Å². The van der Waals surface area contributed by atoms with Gasteiger partial charge in [-0.05, 0) is 36.8 Å². The highest BCUT2D eigenvalue weighted by atomic mass is 19.1. The number of rotatable bonds is 4. The molecule has 0 aromatic heterocycles. The van der Waals surface area contributed by atoms with Crippen molar-refractivity contribution in [3.05, 3.63) is 65.7 Å². The fourth-order valence-corrected chi connectivity index (χ4v) is 2.72. The van der Waals surface area contributed by atoms with Crippen LogP contribution in [0.4, 0.5) is 14.5 Å². The number of carbonyl (C=O) groups excluding carboxylic acids is 2. The van der Waals surface area contributed by atoms with Gasteiger partial charge in [-0.25, -0.2) is 8.78 Å². The molecule has 0 radical (unpaired) electrons. The Balaban J connectivity index is 1.96. The van der Waals surface area contributed by atoms with Gasteiger partial charge >= 0.3 is 0 Å². The molecule has 0 bridgehead atoms. The maximum atomic E-state index is 14.2. The zero-order chi connectivity index (χ0) is 17.1. The third kappa shape index (κ3) is 3.27. The highest BCUT2D eigenvalue weighted by molar-refractivity contribution is 6.06. The zero-order valence-corrected chi connectivity index (χ0v) is 12.9. The second kappa shape index (κ2) is 6.78. The number of anilines is 1. The Morgan fingerprint density at radius 3 is 2.58 bits per heavy atom. The van der Waals surface area contributed by atoms with Gasteiger partial charge in [-0.15, -0.1) is 0 Å². The van der Waals surface area contributed by atoms with Crippen molar-refractivity contribution in [2.75, 3.05) is 18.1 Å². The largest absolute Gasteiger partial charge is 0.324 e. The van der Waals surface area contributed by atoms with Crippen LogP contribution in [0.15, 0.2) is 48.5 Å². The van der Waals surface area contributed by atoms with E-state index in [0.717, 1.165) is 6.07 Å². The van der Waals surface area contributed by atoms with E-state index in [9.17, 15) is 18.4 Å². The summed E-state index contributed by atoms with van der Waals surface area (Å²) in [6.45, 7) is 0.454. The van der Waals surface area contributed by atoms with Gasteiger partial charge in [-0.1, -0.05) is 18.2 Å². The number of benzene rings is 2. The van der Waals surface area contributed by atoms with Crippen LogP contribution in [-0.2, 0) is 4.79 Å². The highest BCUT2D eigenvalue weighted by Gasteiger charge is 2.27. The molecule has 0 saturated carbocycles. The quantitative estimate of drug-likeness (QED) is 0.864. The second-order valence-electron chi connectivity index (χ2n) is 5.60. The molecular formula is C18H16F2N2O2. The average Bonchev–Trinajstić information content (AvgIpc) is 2.98. The summed E-state index contributed by atoms with van der Waals surface area (Å²) in [7, 11) is 0. The smallest absolute Gasteiger partial charge is 0.259 e. The molecule has 0 spiro atoms. The molecule has 1 aliphatic heterocycles. The highest BCUT2D eigenvalue weighted by Crippen LogP contribution is 2.23. The van der Waals surface area contributed by atoms with Crippen LogP contribution in [0.25, 0.3) is 0 Å². The third-order valence-electron chi connectivity index (χ3n) is 3.94. The van der Waals surface area contributed by atoms with Crippen molar-refractivity contribution in [3.63, 3.8) is 0 Å². The van der Waals surface area contributed by atoms with E-state index in [-0.39, 0.29) is 23.8 Å². The van der Waals surface area contributed by atoms with Crippen LogP contribution in [0.5, 0.6) is 0 Å². The lowest BCUT2D eigenvalue weighted by molar-refractivity contribution is -0.127. The Kier molecular flexibility index (Phi) is 4.55. The van der Waals surface area contributed by atoms with E-state index >= 15 is 0 Å². The molecule has 0 atom stereocenters. The van der Waals surface area contributed by atoms with E-state index in [0.29, 0.717) is 19.4 Å². The van der Waals surface area contributed by atoms with Gasteiger partial charge in [0.25, 0.3) is 5.91 Å². The van der Waals surface area contributed by atoms with Gasteiger partial charge in [0, 0.05) is 18.5 Å². The maximum absolute atomic E-state index is 14.2. The standard InChI is InChI=1S/C18H16F2N2O2/c19-14-6-3-5-13(11-14)18(24)22(12-21-10-4-9-17(21)23)16-8-2-1-7-15(16)20/h1-3,5-8,11H,4,9-10,12H2. The second-order valence-corrected chi connectivity index (χ2v) is 5.60. The molecular weight excluding hydrogens is 314 g/mol. The topological polar surface area (TPSA) is 40.6 Å². The minimum Gasteiger partial charge on any atom is -0.324 e. The maximum Gasteiger partial charge on any atom is 0.259 e. The van der Waals surface area contributed by atoms with E-state index in [2.05, 4.69) is 0 Å². The fraction of sp³-hybridized carbons (Fsp3) is 0.222. The summed E-state index contributed by atoms with van der Waals surface area (Å²) in [6.07, 6.45) is 1.12. The number of amides is 2. The van der Waals surface area contributed by atoms with Crippen molar-refractivity contribution < 1.29 is 18.4 Å². The summed E-state index contributed by atoms with van der Waals surface area (Å²) >= 11 is 0. The molecule has 1 aliphatic rings. The Morgan fingerprint density at radius 2 is 1.92 bits per heavy atom. The number of likely N-dealkylation sites (tertiary alicyclic amines) is 1. The summed E-state index contributed by atoms with van der Waals surface area (Å²) in [5.41, 5.74) is 0.163. The minimum absolute atomic E-state index is 0.0604. The zero-order valence-electron chi connectivity index (χ0n) is 12.9. The third-order valence-corrected chi connectivity index (χ3v) is 3.94. The lowest BCUT2D eigenvalue weighted by atomic mass is 10.1. The Bertz CT molecular complexity index is 779. The van der Waals surface area contributed by atoms with Crippen LogP contribution in [0.3, 0.4) is 0 Å². The normalized spacial score (nSPS) is 14.1. The SMILES string of the molecule is O=C1CCCN1CN(C(=O)c1cccc(F)c1)c1ccccc1F. The van der Waals surface area contributed by atoms with Crippen molar-refractivity contribution in [1.29, 1.82) is 0 Å². The molecule has 1 heterocycles. The summed E-state index contributed by atoms with van der Waals surface area (Å²) in [5.74, 6) is -1.76. The number of halogens is 2. The Hall–Kier alpha value is -2.76. The Morgan fingerprint density at radius 1 is 1.12 bits per heavy atom. The monoisotopic (exact) mass is 330 g/mol. The summed E-state index contributed by atoms with van der Waals surface area (Å²) in [4.78, 5) is 27.3. The van der Waals surface area contributed by atoms with Crippen LogP contribution < -0.4 is 4.90 Å². The van der Waals surface area contributed by atoms with Crippen molar-refractivity contribution in [3.8, 4) is 0 Å². The minimum atomic E-state index is -0.575. The van der Waals surface area contributed by atoms with Crippen LogP contribution >= 0.6 is 0 Å². The van der Waals surface area contributed by atoms with Crippen molar-refractivity contribution in [1.82, 2.24) is 4.90 Å². The van der Waals surface area contributed by atoms with E-state index in [1.807, 2.05) is 0 Å².